The SMILES string of the molecule is CC(C)(C)c1ccnc(-n2c3[c-]c(Oc4[c-]c(-n5[c-][n+](-c6cccc(C(C)(C)c7ccccc7)c6)cc5C(C)(C)c5ccccc5)ccc4)cc(C(C)(C)C)c3c3ccccc32)c1.[Pt]. The molecule has 0 atom stereocenters. The molecule has 0 N–H and O–H groups in total. The van der Waals surface area contributed by atoms with Crippen molar-refractivity contribution < 1.29 is 30.4 Å². The van der Waals surface area contributed by atoms with Gasteiger partial charge in [0.15, 0.2) is 0 Å². The van der Waals surface area contributed by atoms with E-state index in [1.165, 1.54) is 27.8 Å². The molecule has 0 saturated carbocycles. The fourth-order valence-corrected chi connectivity index (χ4v) is 8.82. The van der Waals surface area contributed by atoms with Gasteiger partial charge in [0.05, 0.1) is 11.4 Å². The van der Waals surface area contributed by atoms with Crippen LogP contribution in [0, 0.1) is 18.5 Å². The van der Waals surface area contributed by atoms with Gasteiger partial charge < -0.3 is 13.9 Å². The van der Waals surface area contributed by atoms with E-state index in [9.17, 15) is 0 Å². The molecular formula is C58H56N4OPt-2. The first kappa shape index (κ1) is 44.6. The molecule has 0 fully saturated rings. The van der Waals surface area contributed by atoms with Gasteiger partial charge in [-0.2, -0.15) is 12.1 Å². The maximum absolute atomic E-state index is 6.87. The number of para-hydroxylation sites is 1. The topological polar surface area (TPSA) is 35.9 Å². The maximum atomic E-state index is 6.87. The monoisotopic (exact) mass is 1020 g/mol. The van der Waals surface area contributed by atoms with E-state index < -0.39 is 0 Å². The van der Waals surface area contributed by atoms with Gasteiger partial charge in [-0.05, 0) is 74.5 Å². The zero-order valence-electron chi connectivity index (χ0n) is 38.5. The van der Waals surface area contributed by atoms with Crippen molar-refractivity contribution >= 4 is 21.8 Å². The third kappa shape index (κ3) is 8.27. The molecule has 0 saturated heterocycles. The second-order valence-corrected chi connectivity index (χ2v) is 19.9. The summed E-state index contributed by atoms with van der Waals surface area (Å²) in [4.78, 5) is 4.94. The molecule has 3 aromatic heterocycles. The number of hydrogen-bond acceptors (Lipinski definition) is 2. The van der Waals surface area contributed by atoms with E-state index in [-0.39, 0.29) is 42.7 Å². The minimum Gasteiger partial charge on any atom is -0.510 e. The van der Waals surface area contributed by atoms with Crippen molar-refractivity contribution in [1.82, 2.24) is 14.1 Å². The van der Waals surface area contributed by atoms with Gasteiger partial charge in [-0.1, -0.05) is 171 Å². The van der Waals surface area contributed by atoms with Crippen LogP contribution in [-0.4, -0.2) is 14.1 Å². The summed E-state index contributed by atoms with van der Waals surface area (Å²) in [6.07, 6.45) is 7.86. The molecule has 0 bridgehead atoms. The Balaban J connectivity index is 0.00000560. The van der Waals surface area contributed by atoms with Crippen LogP contribution in [0.4, 0.5) is 0 Å². The molecule has 0 aliphatic rings. The van der Waals surface area contributed by atoms with Gasteiger partial charge in [-0.25, -0.2) is 4.98 Å². The van der Waals surface area contributed by atoms with Crippen LogP contribution in [-0.2, 0) is 42.7 Å². The second-order valence-electron chi connectivity index (χ2n) is 19.9. The number of ether oxygens (including phenoxy) is 1. The molecule has 9 rings (SSSR count). The Bertz CT molecular complexity index is 3110. The molecule has 0 aliphatic carbocycles. The number of hydrogen-bond donors (Lipinski definition) is 0. The van der Waals surface area contributed by atoms with Crippen molar-refractivity contribution in [2.75, 3.05) is 0 Å². The number of aromatic nitrogens is 4. The van der Waals surface area contributed by atoms with E-state index in [0.717, 1.165) is 44.7 Å². The van der Waals surface area contributed by atoms with Crippen LogP contribution in [0.1, 0.15) is 103 Å². The van der Waals surface area contributed by atoms with E-state index in [1.54, 1.807) is 0 Å². The third-order valence-corrected chi connectivity index (χ3v) is 12.7. The van der Waals surface area contributed by atoms with Crippen molar-refractivity contribution in [1.29, 1.82) is 0 Å². The summed E-state index contributed by atoms with van der Waals surface area (Å²) in [6, 6.07) is 58.7. The number of pyridine rings is 1. The molecule has 64 heavy (non-hydrogen) atoms. The molecular weight excluding hydrogens is 964 g/mol. The molecule has 6 heteroatoms. The third-order valence-electron chi connectivity index (χ3n) is 12.7. The smallest absolute Gasteiger partial charge is 0.267 e. The van der Waals surface area contributed by atoms with Crippen molar-refractivity contribution in [3.05, 3.63) is 210 Å². The van der Waals surface area contributed by atoms with Crippen LogP contribution in [0.3, 0.4) is 0 Å². The van der Waals surface area contributed by atoms with Gasteiger partial charge in [-0.15, -0.1) is 29.8 Å². The average Bonchev–Trinajstić information content (AvgIpc) is 3.88. The molecule has 6 aromatic carbocycles. The van der Waals surface area contributed by atoms with Gasteiger partial charge in [-0.3, -0.25) is 4.57 Å². The molecule has 0 amide bonds. The summed E-state index contributed by atoms with van der Waals surface area (Å²) < 4.78 is 13.4. The quantitative estimate of drug-likeness (QED) is 0.107. The molecule has 9 aromatic rings. The summed E-state index contributed by atoms with van der Waals surface area (Å²) in [6.45, 7) is 22.6. The number of rotatable bonds is 9. The Morgan fingerprint density at radius 2 is 1.20 bits per heavy atom. The van der Waals surface area contributed by atoms with E-state index in [1.807, 2.05) is 18.3 Å². The van der Waals surface area contributed by atoms with Crippen LogP contribution in [0.5, 0.6) is 11.5 Å². The van der Waals surface area contributed by atoms with Crippen molar-refractivity contribution in [3.8, 4) is 28.7 Å². The second kappa shape index (κ2) is 16.8. The first-order valence-corrected chi connectivity index (χ1v) is 22.0. The van der Waals surface area contributed by atoms with Gasteiger partial charge in [0.2, 0.25) is 0 Å². The number of imidazole rings is 1. The molecule has 0 aliphatic heterocycles. The number of benzene rings is 6. The molecule has 5 nitrogen and oxygen atoms in total. The van der Waals surface area contributed by atoms with Crippen LogP contribution in [0.15, 0.2) is 158 Å². The first-order chi connectivity index (χ1) is 30.0. The Hall–Kier alpha value is -6.03. The zero-order valence-corrected chi connectivity index (χ0v) is 40.8. The summed E-state index contributed by atoms with van der Waals surface area (Å²) in [7, 11) is 0. The minimum atomic E-state index is -0.388. The largest absolute Gasteiger partial charge is 0.510 e. The van der Waals surface area contributed by atoms with Crippen LogP contribution < -0.4 is 9.30 Å². The summed E-state index contributed by atoms with van der Waals surface area (Å²) in [5.74, 6) is 2.06. The number of nitrogens with zero attached hydrogens (tertiary/aromatic N) is 4. The van der Waals surface area contributed by atoms with E-state index >= 15 is 0 Å². The number of fused-ring (bicyclic) bond motifs is 3. The Kier molecular flexibility index (Phi) is 11.7. The summed E-state index contributed by atoms with van der Waals surface area (Å²) in [5, 5.41) is 2.32. The van der Waals surface area contributed by atoms with Crippen LogP contribution >= 0.6 is 0 Å². The van der Waals surface area contributed by atoms with E-state index in [0.29, 0.717) is 11.5 Å². The van der Waals surface area contributed by atoms with E-state index in [2.05, 4.69) is 241 Å². The van der Waals surface area contributed by atoms with Gasteiger partial charge in [0.1, 0.15) is 5.82 Å². The van der Waals surface area contributed by atoms with E-state index in [4.69, 9.17) is 9.72 Å². The molecule has 3 heterocycles. The molecule has 0 radical (unpaired) electrons. The predicted octanol–water partition coefficient (Wildman–Crippen LogP) is 13.7. The molecule has 326 valence electrons. The average molecular weight is 1020 g/mol. The van der Waals surface area contributed by atoms with Crippen LogP contribution in [0.25, 0.3) is 39.0 Å². The standard InChI is InChI=1S/C58H56N4O.Pt/c1-55(2,3)42-31-32-59-53(34-42)62-50-30-18-17-29-48(50)54-49(56(4,5)6)36-47(37-51(54)62)63-46-28-20-27-45(35-46)61-39-60(38-52(61)58(9,10)41-23-15-12-16-24-41)44-26-19-25-43(33-44)57(7,8)40-21-13-11-14-22-40;/h11-34,36,38H,1-10H3;/q-2;. The fourth-order valence-electron chi connectivity index (χ4n) is 8.82. The van der Waals surface area contributed by atoms with Crippen LogP contribution in [0.2, 0.25) is 0 Å². The summed E-state index contributed by atoms with van der Waals surface area (Å²) in [5.41, 5.74) is 10.2. The van der Waals surface area contributed by atoms with Gasteiger partial charge in [0, 0.05) is 61.3 Å². The zero-order chi connectivity index (χ0) is 44.3. The normalized spacial score (nSPS) is 12.4. The first-order valence-electron chi connectivity index (χ1n) is 22.0. The summed E-state index contributed by atoms with van der Waals surface area (Å²) >= 11 is 0. The van der Waals surface area contributed by atoms with Crippen molar-refractivity contribution in [3.63, 3.8) is 0 Å². The van der Waals surface area contributed by atoms with Crippen molar-refractivity contribution in [2.24, 2.45) is 0 Å². The fraction of sp³-hybridized carbons (Fsp3) is 0.241. The maximum Gasteiger partial charge on any atom is 0.267 e. The Labute approximate surface area is 393 Å². The molecule has 0 unspecified atom stereocenters. The molecule has 0 spiro atoms. The minimum absolute atomic E-state index is 0. The van der Waals surface area contributed by atoms with Gasteiger partial charge >= 0.3 is 0 Å². The van der Waals surface area contributed by atoms with Crippen molar-refractivity contribution in [2.45, 2.75) is 90.9 Å². The Morgan fingerprint density at radius 1 is 0.562 bits per heavy atom. The van der Waals surface area contributed by atoms with Gasteiger partial charge in [0.25, 0.3) is 6.33 Å². The predicted molar refractivity (Wildman–Crippen MR) is 257 cm³/mol. The Morgan fingerprint density at radius 3 is 1.89 bits per heavy atom.